The minimum atomic E-state index is 0.861. The quantitative estimate of drug-likeness (QED) is 0.701. The molecular formula is C13H18N2. The number of nitrogens with one attached hydrogen (secondary N) is 1. The third kappa shape index (κ3) is 3.69. The number of hydrogen-bond donors (Lipinski definition) is 1. The van der Waals surface area contributed by atoms with E-state index in [0.717, 1.165) is 31.4 Å². The molecule has 0 saturated carbocycles. The summed E-state index contributed by atoms with van der Waals surface area (Å²) in [4.78, 5) is 3.91. The first kappa shape index (κ1) is 11.7. The molecule has 0 heterocycles. The molecule has 0 saturated heterocycles. The van der Waals surface area contributed by atoms with Crippen molar-refractivity contribution in [2.45, 2.75) is 39.5 Å². The monoisotopic (exact) mass is 202 g/mol. The molecule has 80 valence electrons. The molecule has 2 heteroatoms. The van der Waals surface area contributed by atoms with Gasteiger partial charge < -0.3 is 0 Å². The van der Waals surface area contributed by atoms with Crippen molar-refractivity contribution in [2.24, 2.45) is 4.99 Å². The van der Waals surface area contributed by atoms with Crippen LogP contribution in [0.1, 0.15) is 37.8 Å². The lowest BCUT2D eigenvalue weighted by molar-refractivity contribution is 0.895. The van der Waals surface area contributed by atoms with Gasteiger partial charge in [-0.25, -0.2) is 5.41 Å². The van der Waals surface area contributed by atoms with Crippen LogP contribution in [0.2, 0.25) is 0 Å². The number of aliphatic imine (C=N–C) groups is 1. The second-order valence-corrected chi connectivity index (χ2v) is 3.73. The Morgan fingerprint density at radius 1 is 1.07 bits per heavy atom. The summed E-state index contributed by atoms with van der Waals surface area (Å²) in [6.07, 6.45) is 4.45. The van der Waals surface area contributed by atoms with Gasteiger partial charge in [-0.1, -0.05) is 32.8 Å². The Morgan fingerprint density at radius 2 is 1.60 bits per heavy atom. The van der Waals surface area contributed by atoms with E-state index >= 15 is 0 Å². The fraction of sp³-hybridized carbons (Fsp3) is 0.462. The molecule has 0 aromatic heterocycles. The lowest BCUT2D eigenvalue weighted by Crippen LogP contribution is -1.88. The zero-order valence-corrected chi connectivity index (χ0v) is 9.51. The molecule has 0 aliphatic heterocycles. The first-order valence-corrected chi connectivity index (χ1v) is 5.55. The highest BCUT2D eigenvalue weighted by atomic mass is 14.7. The molecule has 0 atom stereocenters. The van der Waals surface area contributed by atoms with Crippen LogP contribution in [0.4, 0.5) is 5.69 Å². The second-order valence-electron chi connectivity index (χ2n) is 3.73. The van der Waals surface area contributed by atoms with E-state index in [1.165, 1.54) is 11.1 Å². The standard InChI is InChI=1S/C13H18N2/c1-3-5-11-7-12(6-4-2)9-13(8-11)15-10-14/h7-9,14H,3-6H2,1-2H3. The zero-order chi connectivity index (χ0) is 11.1. The van der Waals surface area contributed by atoms with Crippen molar-refractivity contribution in [3.05, 3.63) is 29.3 Å². The number of nitrogens with zero attached hydrogens (tertiary/aromatic N) is 1. The van der Waals surface area contributed by atoms with E-state index in [1.54, 1.807) is 0 Å². The maximum Gasteiger partial charge on any atom is 0.0918 e. The predicted molar refractivity (Wildman–Crippen MR) is 64.2 cm³/mol. The second kappa shape index (κ2) is 6.15. The Bertz CT molecular complexity index is 339. The van der Waals surface area contributed by atoms with E-state index in [0.29, 0.717) is 0 Å². The molecule has 1 aromatic rings. The van der Waals surface area contributed by atoms with Crippen molar-refractivity contribution in [3.63, 3.8) is 0 Å². The summed E-state index contributed by atoms with van der Waals surface area (Å²) in [6.45, 7) is 4.35. The van der Waals surface area contributed by atoms with Gasteiger partial charge in [0, 0.05) is 0 Å². The minimum Gasteiger partial charge on any atom is -0.241 e. The van der Waals surface area contributed by atoms with Gasteiger partial charge in [0.15, 0.2) is 0 Å². The lowest BCUT2D eigenvalue weighted by Gasteiger charge is -2.05. The van der Waals surface area contributed by atoms with Gasteiger partial charge in [-0.3, -0.25) is 0 Å². The third-order valence-corrected chi connectivity index (χ3v) is 2.30. The highest BCUT2D eigenvalue weighted by molar-refractivity contribution is 5.52. The number of hydrogen-bond acceptors (Lipinski definition) is 2. The van der Waals surface area contributed by atoms with E-state index in [9.17, 15) is 0 Å². The van der Waals surface area contributed by atoms with Gasteiger partial charge in [-0.2, -0.15) is 4.99 Å². The molecule has 2 nitrogen and oxygen atoms in total. The highest BCUT2D eigenvalue weighted by Gasteiger charge is 1.99. The average molecular weight is 202 g/mol. The Morgan fingerprint density at radius 3 is 2.00 bits per heavy atom. The normalized spacial score (nSPS) is 9.73. The van der Waals surface area contributed by atoms with E-state index in [4.69, 9.17) is 5.41 Å². The van der Waals surface area contributed by atoms with Gasteiger partial charge in [0.05, 0.1) is 11.7 Å². The fourth-order valence-corrected chi connectivity index (χ4v) is 1.74. The van der Waals surface area contributed by atoms with Crippen LogP contribution in [0.15, 0.2) is 23.2 Å². The van der Waals surface area contributed by atoms with Crippen molar-refractivity contribution >= 4 is 11.7 Å². The highest BCUT2D eigenvalue weighted by Crippen LogP contribution is 2.19. The Kier molecular flexibility index (Phi) is 4.79. The maximum atomic E-state index is 6.87. The van der Waals surface area contributed by atoms with E-state index in [1.807, 2.05) is 12.1 Å². The summed E-state index contributed by atoms with van der Waals surface area (Å²) < 4.78 is 0. The van der Waals surface area contributed by atoms with Crippen LogP contribution >= 0.6 is 0 Å². The Hall–Kier alpha value is -1.40. The molecule has 0 bridgehead atoms. The van der Waals surface area contributed by atoms with Crippen molar-refractivity contribution in [2.75, 3.05) is 0 Å². The largest absolute Gasteiger partial charge is 0.241 e. The van der Waals surface area contributed by atoms with Crippen molar-refractivity contribution in [1.29, 1.82) is 5.41 Å². The van der Waals surface area contributed by atoms with E-state index < -0.39 is 0 Å². The molecule has 1 N–H and O–H groups in total. The van der Waals surface area contributed by atoms with Gasteiger partial charge >= 0.3 is 0 Å². The summed E-state index contributed by atoms with van der Waals surface area (Å²) in [5.74, 6) is 0. The SMILES string of the molecule is CCCc1cc(CCC)cc(N=C=N)c1. The molecule has 0 amide bonds. The fourth-order valence-electron chi connectivity index (χ4n) is 1.74. The van der Waals surface area contributed by atoms with Crippen LogP contribution in [0.5, 0.6) is 0 Å². The topological polar surface area (TPSA) is 36.2 Å². The number of aryl methyl sites for hydroxylation is 2. The van der Waals surface area contributed by atoms with Gasteiger partial charge in [-0.05, 0) is 36.1 Å². The third-order valence-electron chi connectivity index (χ3n) is 2.30. The zero-order valence-electron chi connectivity index (χ0n) is 9.51. The maximum absolute atomic E-state index is 6.87. The van der Waals surface area contributed by atoms with Crippen LogP contribution < -0.4 is 0 Å². The predicted octanol–water partition coefficient (Wildman–Crippen LogP) is 3.98. The number of benzene rings is 1. The average Bonchev–Trinajstić information content (AvgIpc) is 2.19. The summed E-state index contributed by atoms with van der Waals surface area (Å²) in [6, 6.07) is 8.44. The first-order valence-electron chi connectivity index (χ1n) is 5.55. The lowest BCUT2D eigenvalue weighted by atomic mass is 10.0. The first-order chi connectivity index (χ1) is 7.30. The van der Waals surface area contributed by atoms with E-state index in [2.05, 4.69) is 30.9 Å². The van der Waals surface area contributed by atoms with Crippen LogP contribution in [0, 0.1) is 5.41 Å². The minimum absolute atomic E-state index is 0.861. The van der Waals surface area contributed by atoms with Crippen LogP contribution in [-0.4, -0.2) is 6.01 Å². The summed E-state index contributed by atoms with van der Waals surface area (Å²) >= 11 is 0. The van der Waals surface area contributed by atoms with Gasteiger partial charge in [0.1, 0.15) is 0 Å². The van der Waals surface area contributed by atoms with Crippen LogP contribution in [0.3, 0.4) is 0 Å². The Labute approximate surface area is 91.6 Å². The van der Waals surface area contributed by atoms with Gasteiger partial charge in [0.2, 0.25) is 0 Å². The molecule has 0 spiro atoms. The van der Waals surface area contributed by atoms with Crippen LogP contribution in [0.25, 0.3) is 0 Å². The Balaban J connectivity index is 3.01. The van der Waals surface area contributed by atoms with Gasteiger partial charge in [0.25, 0.3) is 0 Å². The summed E-state index contributed by atoms with van der Waals surface area (Å²) in [5, 5.41) is 6.87. The van der Waals surface area contributed by atoms with Crippen LogP contribution in [-0.2, 0) is 12.8 Å². The molecule has 1 aromatic carbocycles. The summed E-state index contributed by atoms with van der Waals surface area (Å²) in [7, 11) is 0. The van der Waals surface area contributed by atoms with Crippen molar-refractivity contribution in [3.8, 4) is 0 Å². The van der Waals surface area contributed by atoms with E-state index in [-0.39, 0.29) is 0 Å². The molecule has 0 radical (unpaired) electrons. The van der Waals surface area contributed by atoms with Crippen molar-refractivity contribution < 1.29 is 0 Å². The molecular weight excluding hydrogens is 184 g/mol. The molecule has 0 unspecified atom stereocenters. The smallest absolute Gasteiger partial charge is 0.0918 e. The van der Waals surface area contributed by atoms with Gasteiger partial charge in [-0.15, -0.1) is 0 Å². The molecule has 15 heavy (non-hydrogen) atoms. The molecule has 1 rings (SSSR count). The number of rotatable bonds is 5. The summed E-state index contributed by atoms with van der Waals surface area (Å²) in [5.41, 5.74) is 3.49. The molecule has 0 aliphatic carbocycles. The molecule has 0 aliphatic rings. The van der Waals surface area contributed by atoms with Crippen molar-refractivity contribution in [1.82, 2.24) is 0 Å². The molecule has 0 fully saturated rings.